The first-order valence-electron chi connectivity index (χ1n) is 4.40. The Morgan fingerprint density at radius 3 is 3.08 bits per heavy atom. The van der Waals surface area contributed by atoms with Gasteiger partial charge in [-0.3, -0.25) is 0 Å². The lowest BCUT2D eigenvalue weighted by Crippen LogP contribution is -2.28. The minimum atomic E-state index is -0.265. The lowest BCUT2D eigenvalue weighted by molar-refractivity contribution is 0.499. The van der Waals surface area contributed by atoms with Gasteiger partial charge in [-0.15, -0.1) is 0 Å². The van der Waals surface area contributed by atoms with Gasteiger partial charge in [0.25, 0.3) is 0 Å². The Morgan fingerprint density at radius 2 is 2.31 bits per heavy atom. The second-order valence-corrected chi connectivity index (χ2v) is 3.77. The first-order chi connectivity index (χ1) is 6.20. The lowest BCUT2D eigenvalue weighted by Gasteiger charge is -2.24. The average Bonchev–Trinajstić information content (AvgIpc) is 2.12. The SMILES string of the molecule is CC1NCCc2ccc(Cl)c(F)c21. The molecule has 70 valence electrons. The van der Waals surface area contributed by atoms with Crippen LogP contribution in [0.25, 0.3) is 0 Å². The van der Waals surface area contributed by atoms with E-state index < -0.39 is 0 Å². The van der Waals surface area contributed by atoms with Crippen molar-refractivity contribution >= 4 is 11.6 Å². The van der Waals surface area contributed by atoms with E-state index in [2.05, 4.69) is 5.32 Å². The van der Waals surface area contributed by atoms with Crippen molar-refractivity contribution in [2.45, 2.75) is 19.4 Å². The third-order valence-corrected chi connectivity index (χ3v) is 2.79. The van der Waals surface area contributed by atoms with Gasteiger partial charge >= 0.3 is 0 Å². The van der Waals surface area contributed by atoms with Crippen molar-refractivity contribution in [3.8, 4) is 0 Å². The molecule has 1 atom stereocenters. The van der Waals surface area contributed by atoms with E-state index in [9.17, 15) is 4.39 Å². The molecular formula is C10H11ClFN. The highest BCUT2D eigenvalue weighted by Gasteiger charge is 2.20. The second kappa shape index (κ2) is 3.28. The van der Waals surface area contributed by atoms with Gasteiger partial charge in [-0.2, -0.15) is 0 Å². The fraction of sp³-hybridized carbons (Fsp3) is 0.400. The molecule has 0 saturated heterocycles. The average molecular weight is 200 g/mol. The Balaban J connectivity index is 2.58. The number of halogens is 2. The zero-order valence-corrected chi connectivity index (χ0v) is 8.16. The molecule has 1 aromatic carbocycles. The van der Waals surface area contributed by atoms with Crippen LogP contribution >= 0.6 is 11.6 Å². The lowest BCUT2D eigenvalue weighted by atomic mass is 9.95. The largest absolute Gasteiger partial charge is 0.310 e. The highest BCUT2D eigenvalue weighted by Crippen LogP contribution is 2.29. The summed E-state index contributed by atoms with van der Waals surface area (Å²) < 4.78 is 13.6. The van der Waals surface area contributed by atoms with Gasteiger partial charge in [-0.25, -0.2) is 4.39 Å². The fourth-order valence-electron chi connectivity index (χ4n) is 1.82. The van der Waals surface area contributed by atoms with Crippen molar-refractivity contribution in [2.24, 2.45) is 0 Å². The van der Waals surface area contributed by atoms with Crippen molar-refractivity contribution in [1.82, 2.24) is 5.32 Å². The molecule has 1 N–H and O–H groups in total. The fourth-order valence-corrected chi connectivity index (χ4v) is 1.98. The van der Waals surface area contributed by atoms with Crippen LogP contribution in [-0.4, -0.2) is 6.54 Å². The molecule has 3 heteroatoms. The molecule has 0 aromatic heterocycles. The summed E-state index contributed by atoms with van der Waals surface area (Å²) in [5.74, 6) is -0.265. The molecular weight excluding hydrogens is 189 g/mol. The summed E-state index contributed by atoms with van der Waals surface area (Å²) in [4.78, 5) is 0. The summed E-state index contributed by atoms with van der Waals surface area (Å²) in [7, 11) is 0. The van der Waals surface area contributed by atoms with Crippen LogP contribution < -0.4 is 5.32 Å². The third kappa shape index (κ3) is 1.45. The zero-order chi connectivity index (χ0) is 9.42. The standard InChI is InChI=1S/C10H11ClFN/c1-6-9-7(4-5-13-6)2-3-8(11)10(9)12/h2-3,6,13H,4-5H2,1H3. The Hall–Kier alpha value is -0.600. The first kappa shape index (κ1) is 8.97. The van der Waals surface area contributed by atoms with Crippen LogP contribution in [0.1, 0.15) is 24.1 Å². The summed E-state index contributed by atoms with van der Waals surface area (Å²) in [5.41, 5.74) is 1.81. The molecule has 2 rings (SSSR count). The van der Waals surface area contributed by atoms with Crippen molar-refractivity contribution in [3.63, 3.8) is 0 Å². The Morgan fingerprint density at radius 1 is 1.54 bits per heavy atom. The summed E-state index contributed by atoms with van der Waals surface area (Å²) in [6.07, 6.45) is 0.883. The molecule has 1 nitrogen and oxygen atoms in total. The van der Waals surface area contributed by atoms with Crippen LogP contribution in [-0.2, 0) is 6.42 Å². The zero-order valence-electron chi connectivity index (χ0n) is 7.40. The minimum Gasteiger partial charge on any atom is -0.310 e. The van der Waals surface area contributed by atoms with Crippen molar-refractivity contribution in [3.05, 3.63) is 34.1 Å². The number of hydrogen-bond acceptors (Lipinski definition) is 1. The maximum Gasteiger partial charge on any atom is 0.146 e. The third-order valence-electron chi connectivity index (χ3n) is 2.50. The summed E-state index contributed by atoms with van der Waals surface area (Å²) >= 11 is 5.71. The van der Waals surface area contributed by atoms with Crippen molar-refractivity contribution in [2.75, 3.05) is 6.54 Å². The molecule has 1 heterocycles. The Bertz CT molecular complexity index is 338. The molecule has 13 heavy (non-hydrogen) atoms. The number of hydrogen-bond donors (Lipinski definition) is 1. The van der Waals surface area contributed by atoms with E-state index >= 15 is 0 Å². The molecule has 0 radical (unpaired) electrons. The van der Waals surface area contributed by atoms with Gasteiger partial charge in [0.05, 0.1) is 5.02 Å². The van der Waals surface area contributed by atoms with Crippen LogP contribution in [0.2, 0.25) is 5.02 Å². The van der Waals surface area contributed by atoms with Crippen LogP contribution in [0.3, 0.4) is 0 Å². The summed E-state index contributed by atoms with van der Waals surface area (Å²) in [6, 6.07) is 3.62. The molecule has 1 unspecified atom stereocenters. The van der Waals surface area contributed by atoms with E-state index in [0.29, 0.717) is 0 Å². The molecule has 1 aliphatic heterocycles. The van der Waals surface area contributed by atoms with Gasteiger partial charge in [0.1, 0.15) is 5.82 Å². The molecule has 1 aliphatic rings. The first-order valence-corrected chi connectivity index (χ1v) is 4.78. The van der Waals surface area contributed by atoms with E-state index in [1.807, 2.05) is 13.0 Å². The smallest absolute Gasteiger partial charge is 0.146 e. The topological polar surface area (TPSA) is 12.0 Å². The minimum absolute atomic E-state index is 0.0717. The summed E-state index contributed by atoms with van der Waals surface area (Å²) in [5, 5.41) is 3.42. The highest BCUT2D eigenvalue weighted by atomic mass is 35.5. The quantitative estimate of drug-likeness (QED) is 0.678. The Labute approximate surface area is 81.9 Å². The summed E-state index contributed by atoms with van der Waals surface area (Å²) in [6.45, 7) is 2.87. The molecule has 0 bridgehead atoms. The van der Waals surface area contributed by atoms with Crippen molar-refractivity contribution in [1.29, 1.82) is 0 Å². The van der Waals surface area contributed by atoms with Gasteiger partial charge in [-0.05, 0) is 31.5 Å². The normalized spacial score (nSPS) is 21.3. The molecule has 0 amide bonds. The number of rotatable bonds is 0. The van der Waals surface area contributed by atoms with E-state index in [-0.39, 0.29) is 16.9 Å². The molecule has 1 aromatic rings. The molecule has 0 saturated carbocycles. The maximum absolute atomic E-state index is 13.6. The van der Waals surface area contributed by atoms with Gasteiger partial charge in [0.2, 0.25) is 0 Å². The second-order valence-electron chi connectivity index (χ2n) is 3.36. The number of fused-ring (bicyclic) bond motifs is 1. The predicted octanol–water partition coefficient (Wildman–Crippen LogP) is 2.69. The Kier molecular flexibility index (Phi) is 2.26. The van der Waals surface area contributed by atoms with Crippen LogP contribution in [0, 0.1) is 5.82 Å². The van der Waals surface area contributed by atoms with Gasteiger partial charge < -0.3 is 5.32 Å². The van der Waals surface area contributed by atoms with Crippen LogP contribution in [0.15, 0.2) is 12.1 Å². The van der Waals surface area contributed by atoms with Gasteiger partial charge in [0, 0.05) is 11.6 Å². The van der Waals surface area contributed by atoms with Crippen molar-refractivity contribution < 1.29 is 4.39 Å². The van der Waals surface area contributed by atoms with Gasteiger partial charge in [-0.1, -0.05) is 17.7 Å². The number of benzene rings is 1. The van der Waals surface area contributed by atoms with Crippen LogP contribution in [0.5, 0.6) is 0 Å². The molecule has 0 aliphatic carbocycles. The monoisotopic (exact) mass is 199 g/mol. The van der Waals surface area contributed by atoms with Crippen LogP contribution in [0.4, 0.5) is 4.39 Å². The molecule has 0 spiro atoms. The number of nitrogens with one attached hydrogen (secondary N) is 1. The van der Waals surface area contributed by atoms with E-state index in [1.54, 1.807) is 6.07 Å². The van der Waals surface area contributed by atoms with E-state index in [4.69, 9.17) is 11.6 Å². The van der Waals surface area contributed by atoms with E-state index in [0.717, 1.165) is 24.1 Å². The highest BCUT2D eigenvalue weighted by molar-refractivity contribution is 6.30. The van der Waals surface area contributed by atoms with Gasteiger partial charge in [0.15, 0.2) is 0 Å². The predicted molar refractivity (Wildman–Crippen MR) is 51.5 cm³/mol. The maximum atomic E-state index is 13.6. The molecule has 0 fully saturated rings. The van der Waals surface area contributed by atoms with E-state index in [1.165, 1.54) is 0 Å².